The van der Waals surface area contributed by atoms with Crippen LogP contribution in [0.2, 0.25) is 0 Å². The molecule has 2 aromatic carbocycles. The van der Waals surface area contributed by atoms with Gasteiger partial charge in [0.2, 0.25) is 5.91 Å². The van der Waals surface area contributed by atoms with E-state index in [9.17, 15) is 9.90 Å². The Morgan fingerprint density at radius 3 is 2.50 bits per heavy atom. The third-order valence-electron chi connectivity index (χ3n) is 3.40. The Hall–Kier alpha value is -1.94. The minimum atomic E-state index is -0.0192. The molecule has 2 N–H and O–H groups in total. The van der Waals surface area contributed by atoms with Gasteiger partial charge >= 0.3 is 0 Å². The lowest BCUT2D eigenvalue weighted by Gasteiger charge is -2.16. The molecule has 0 aliphatic carbocycles. The zero-order valence-corrected chi connectivity index (χ0v) is 13.9. The lowest BCUT2D eigenvalue weighted by atomic mass is 9.98. The van der Waals surface area contributed by atoms with Crippen LogP contribution < -0.4 is 5.32 Å². The molecule has 2 rings (SSSR count). The summed E-state index contributed by atoms with van der Waals surface area (Å²) in [7, 11) is 0. The predicted octanol–water partition coefficient (Wildman–Crippen LogP) is 4.55. The van der Waals surface area contributed by atoms with E-state index in [0.29, 0.717) is 11.7 Å². The second kappa shape index (κ2) is 7.36. The third kappa shape index (κ3) is 4.28. The average molecular weight is 315 g/mol. The van der Waals surface area contributed by atoms with Gasteiger partial charge in [-0.2, -0.15) is 0 Å². The summed E-state index contributed by atoms with van der Waals surface area (Å²) in [5.74, 6) is 0.918. The first kappa shape index (κ1) is 16.4. The zero-order valence-electron chi connectivity index (χ0n) is 13.1. The Kier molecular flexibility index (Phi) is 5.50. The van der Waals surface area contributed by atoms with Gasteiger partial charge in [-0.15, -0.1) is 11.8 Å². The standard InChI is InChI=1S/C18H21NO2S/c1-12(2)16-6-4-5-13(3)18(16)19-17(21)11-22-15-9-7-14(20)8-10-15/h4-10,12,20H,11H2,1-3H3,(H,19,21). The van der Waals surface area contributed by atoms with Gasteiger partial charge < -0.3 is 10.4 Å². The van der Waals surface area contributed by atoms with Crippen molar-refractivity contribution >= 4 is 23.4 Å². The fourth-order valence-electron chi connectivity index (χ4n) is 2.21. The molecular weight excluding hydrogens is 294 g/mol. The number of hydrogen-bond donors (Lipinski definition) is 2. The monoisotopic (exact) mass is 315 g/mol. The number of anilines is 1. The van der Waals surface area contributed by atoms with Crippen LogP contribution in [-0.4, -0.2) is 16.8 Å². The molecule has 1 amide bonds. The van der Waals surface area contributed by atoms with Crippen LogP contribution in [0.25, 0.3) is 0 Å². The number of hydrogen-bond acceptors (Lipinski definition) is 3. The molecule has 0 bridgehead atoms. The number of phenols is 1. The summed E-state index contributed by atoms with van der Waals surface area (Å²) in [6, 6.07) is 12.9. The molecule has 2 aromatic rings. The molecule has 0 spiro atoms. The first-order valence-electron chi connectivity index (χ1n) is 7.28. The number of thioether (sulfide) groups is 1. The lowest BCUT2D eigenvalue weighted by Crippen LogP contribution is -2.16. The summed E-state index contributed by atoms with van der Waals surface area (Å²) in [6.45, 7) is 6.25. The first-order valence-corrected chi connectivity index (χ1v) is 8.27. The van der Waals surface area contributed by atoms with Crippen molar-refractivity contribution in [3.05, 3.63) is 53.6 Å². The fraction of sp³-hybridized carbons (Fsp3) is 0.278. The molecule has 0 heterocycles. The molecule has 22 heavy (non-hydrogen) atoms. The summed E-state index contributed by atoms with van der Waals surface area (Å²) in [5, 5.41) is 12.3. The van der Waals surface area contributed by atoms with Crippen molar-refractivity contribution in [3.8, 4) is 5.75 Å². The van der Waals surface area contributed by atoms with E-state index in [1.807, 2.05) is 19.1 Å². The van der Waals surface area contributed by atoms with Crippen molar-refractivity contribution < 1.29 is 9.90 Å². The minimum Gasteiger partial charge on any atom is -0.508 e. The number of aryl methyl sites for hydroxylation is 1. The molecule has 3 nitrogen and oxygen atoms in total. The number of amides is 1. The summed E-state index contributed by atoms with van der Waals surface area (Å²) in [5.41, 5.74) is 3.16. The van der Waals surface area contributed by atoms with Crippen LogP contribution >= 0.6 is 11.8 Å². The molecule has 0 fully saturated rings. The van der Waals surface area contributed by atoms with E-state index in [0.717, 1.165) is 21.7 Å². The van der Waals surface area contributed by atoms with Crippen LogP contribution in [0.5, 0.6) is 5.75 Å². The quantitative estimate of drug-likeness (QED) is 0.796. The molecule has 0 aromatic heterocycles. The number of carbonyl (C=O) groups is 1. The second-order valence-corrected chi connectivity index (χ2v) is 6.57. The maximum atomic E-state index is 12.2. The van der Waals surface area contributed by atoms with Crippen molar-refractivity contribution in [2.24, 2.45) is 0 Å². The molecule has 4 heteroatoms. The van der Waals surface area contributed by atoms with Gasteiger partial charge in [0.25, 0.3) is 0 Å². The molecule has 0 aliphatic heterocycles. The maximum absolute atomic E-state index is 12.2. The largest absolute Gasteiger partial charge is 0.508 e. The summed E-state index contributed by atoms with van der Waals surface area (Å²) in [4.78, 5) is 13.2. The highest BCUT2D eigenvalue weighted by Crippen LogP contribution is 2.28. The smallest absolute Gasteiger partial charge is 0.234 e. The topological polar surface area (TPSA) is 49.3 Å². The van der Waals surface area contributed by atoms with Gasteiger partial charge in [0.1, 0.15) is 5.75 Å². The maximum Gasteiger partial charge on any atom is 0.234 e. The summed E-state index contributed by atoms with van der Waals surface area (Å²) >= 11 is 1.45. The Morgan fingerprint density at radius 1 is 1.18 bits per heavy atom. The number of para-hydroxylation sites is 1. The highest BCUT2D eigenvalue weighted by molar-refractivity contribution is 8.00. The fourth-order valence-corrected chi connectivity index (χ4v) is 2.91. The Morgan fingerprint density at radius 2 is 1.86 bits per heavy atom. The third-order valence-corrected chi connectivity index (χ3v) is 4.41. The molecule has 0 saturated carbocycles. The zero-order chi connectivity index (χ0) is 16.1. The average Bonchev–Trinajstić information content (AvgIpc) is 2.48. The molecule has 0 unspecified atom stereocenters. The van der Waals surface area contributed by atoms with E-state index in [-0.39, 0.29) is 11.7 Å². The van der Waals surface area contributed by atoms with Gasteiger partial charge in [0.05, 0.1) is 5.75 Å². The minimum absolute atomic E-state index is 0.0192. The predicted molar refractivity (Wildman–Crippen MR) is 92.7 cm³/mol. The molecule has 116 valence electrons. The van der Waals surface area contributed by atoms with Gasteiger partial charge in [0, 0.05) is 10.6 Å². The van der Waals surface area contributed by atoms with Crippen molar-refractivity contribution in [3.63, 3.8) is 0 Å². The van der Waals surface area contributed by atoms with Crippen LogP contribution in [0, 0.1) is 6.92 Å². The lowest BCUT2D eigenvalue weighted by molar-refractivity contribution is -0.113. The summed E-state index contributed by atoms with van der Waals surface area (Å²) in [6.07, 6.45) is 0. The van der Waals surface area contributed by atoms with Crippen molar-refractivity contribution in [1.29, 1.82) is 0 Å². The normalized spacial score (nSPS) is 10.7. The van der Waals surface area contributed by atoms with E-state index in [1.54, 1.807) is 24.3 Å². The van der Waals surface area contributed by atoms with E-state index in [4.69, 9.17) is 0 Å². The van der Waals surface area contributed by atoms with E-state index < -0.39 is 0 Å². The molecule has 0 aliphatic rings. The number of aromatic hydroxyl groups is 1. The van der Waals surface area contributed by atoms with E-state index >= 15 is 0 Å². The molecule has 0 radical (unpaired) electrons. The highest BCUT2D eigenvalue weighted by atomic mass is 32.2. The van der Waals surface area contributed by atoms with Gasteiger partial charge in [-0.1, -0.05) is 32.0 Å². The van der Waals surface area contributed by atoms with Crippen LogP contribution in [0.4, 0.5) is 5.69 Å². The van der Waals surface area contributed by atoms with Crippen LogP contribution in [0.1, 0.15) is 30.9 Å². The van der Waals surface area contributed by atoms with E-state index in [1.165, 1.54) is 11.8 Å². The SMILES string of the molecule is Cc1cccc(C(C)C)c1NC(=O)CSc1ccc(O)cc1. The van der Waals surface area contributed by atoms with Crippen molar-refractivity contribution in [1.82, 2.24) is 0 Å². The van der Waals surface area contributed by atoms with E-state index in [2.05, 4.69) is 25.2 Å². The first-order chi connectivity index (χ1) is 10.5. The van der Waals surface area contributed by atoms with Gasteiger partial charge in [-0.05, 0) is 48.2 Å². The number of phenolic OH excluding ortho intramolecular Hbond substituents is 1. The van der Waals surface area contributed by atoms with Crippen molar-refractivity contribution in [2.75, 3.05) is 11.1 Å². The highest BCUT2D eigenvalue weighted by Gasteiger charge is 2.12. The number of carbonyl (C=O) groups excluding carboxylic acids is 1. The molecular formula is C18H21NO2S. The summed E-state index contributed by atoms with van der Waals surface area (Å²) < 4.78 is 0. The number of nitrogens with one attached hydrogen (secondary N) is 1. The van der Waals surface area contributed by atoms with Gasteiger partial charge in [-0.3, -0.25) is 4.79 Å². The van der Waals surface area contributed by atoms with Gasteiger partial charge in [-0.25, -0.2) is 0 Å². The van der Waals surface area contributed by atoms with Crippen molar-refractivity contribution in [2.45, 2.75) is 31.6 Å². The second-order valence-electron chi connectivity index (χ2n) is 5.52. The Bertz CT molecular complexity index is 651. The number of rotatable bonds is 5. The van der Waals surface area contributed by atoms with Crippen LogP contribution in [0.3, 0.4) is 0 Å². The van der Waals surface area contributed by atoms with Crippen LogP contribution in [-0.2, 0) is 4.79 Å². The number of benzene rings is 2. The Balaban J connectivity index is 2.02. The van der Waals surface area contributed by atoms with Crippen LogP contribution in [0.15, 0.2) is 47.4 Å². The molecule has 0 atom stereocenters. The van der Waals surface area contributed by atoms with Gasteiger partial charge in [0.15, 0.2) is 0 Å². The Labute approximate surface area is 135 Å². The molecule has 0 saturated heterocycles.